The minimum Gasteiger partial charge on any atom is -0.330 e. The van der Waals surface area contributed by atoms with E-state index in [0.717, 1.165) is 12.1 Å². The standard InChI is InChI=1S/C10H15N3O4S/c1-8(6-11)7-12-18(16,17)10-4-2-9(3-5-10)13(14)15/h2-5,8,12H,6-7,11H2,1H3. The molecule has 1 unspecified atom stereocenters. The van der Waals surface area contributed by atoms with Crippen LogP contribution in [0.3, 0.4) is 0 Å². The summed E-state index contributed by atoms with van der Waals surface area (Å²) in [6.45, 7) is 2.43. The first-order chi connectivity index (χ1) is 8.36. The summed E-state index contributed by atoms with van der Waals surface area (Å²) in [5.74, 6) is 0.0258. The summed E-state index contributed by atoms with van der Waals surface area (Å²) < 4.78 is 26.0. The Hall–Kier alpha value is -1.51. The Kier molecular flexibility index (Phi) is 4.76. The molecule has 18 heavy (non-hydrogen) atoms. The van der Waals surface area contributed by atoms with Crippen LogP contribution in [0.1, 0.15) is 6.92 Å². The molecule has 0 fully saturated rings. The van der Waals surface area contributed by atoms with Gasteiger partial charge in [0.1, 0.15) is 0 Å². The van der Waals surface area contributed by atoms with Crippen molar-refractivity contribution < 1.29 is 13.3 Å². The van der Waals surface area contributed by atoms with Gasteiger partial charge in [-0.1, -0.05) is 6.92 Å². The van der Waals surface area contributed by atoms with Crippen LogP contribution in [0.2, 0.25) is 0 Å². The maximum Gasteiger partial charge on any atom is 0.269 e. The molecule has 0 aliphatic rings. The number of rotatable bonds is 6. The molecule has 0 radical (unpaired) electrons. The van der Waals surface area contributed by atoms with Crippen molar-refractivity contribution in [3.8, 4) is 0 Å². The molecule has 1 aromatic carbocycles. The molecule has 0 aliphatic heterocycles. The Morgan fingerprint density at radius 3 is 2.39 bits per heavy atom. The van der Waals surface area contributed by atoms with Crippen molar-refractivity contribution in [2.24, 2.45) is 11.7 Å². The SMILES string of the molecule is CC(CN)CNS(=O)(=O)c1ccc([N+](=O)[O-])cc1. The van der Waals surface area contributed by atoms with Gasteiger partial charge in [0.2, 0.25) is 10.0 Å². The molecule has 0 aliphatic carbocycles. The first-order valence-electron chi connectivity index (χ1n) is 5.31. The van der Waals surface area contributed by atoms with Crippen LogP contribution in [0.25, 0.3) is 0 Å². The summed E-state index contributed by atoms with van der Waals surface area (Å²) in [5, 5.41) is 10.4. The van der Waals surface area contributed by atoms with Gasteiger partial charge in [-0.05, 0) is 24.6 Å². The number of nitro benzene ring substituents is 1. The summed E-state index contributed by atoms with van der Waals surface area (Å²) in [6, 6.07) is 4.71. The lowest BCUT2D eigenvalue weighted by Crippen LogP contribution is -2.31. The van der Waals surface area contributed by atoms with Crippen molar-refractivity contribution in [1.29, 1.82) is 0 Å². The van der Waals surface area contributed by atoms with Crippen molar-refractivity contribution in [3.63, 3.8) is 0 Å². The monoisotopic (exact) mass is 273 g/mol. The fraction of sp³-hybridized carbons (Fsp3) is 0.400. The number of sulfonamides is 1. The minimum atomic E-state index is -3.64. The van der Waals surface area contributed by atoms with Gasteiger partial charge in [0.05, 0.1) is 9.82 Å². The average Bonchev–Trinajstić information content (AvgIpc) is 2.36. The quantitative estimate of drug-likeness (QED) is 0.577. The molecule has 0 aromatic heterocycles. The zero-order valence-corrected chi connectivity index (χ0v) is 10.7. The molecule has 8 heteroatoms. The molecule has 1 rings (SSSR count). The predicted octanol–water partition coefficient (Wildman–Crippen LogP) is 0.468. The first kappa shape index (κ1) is 14.6. The Morgan fingerprint density at radius 1 is 1.39 bits per heavy atom. The Labute approximate surface area is 105 Å². The van der Waals surface area contributed by atoms with E-state index in [2.05, 4.69) is 4.72 Å². The largest absolute Gasteiger partial charge is 0.330 e. The van der Waals surface area contributed by atoms with Gasteiger partial charge in [0.25, 0.3) is 5.69 Å². The third kappa shape index (κ3) is 3.76. The third-order valence-electron chi connectivity index (χ3n) is 2.38. The lowest BCUT2D eigenvalue weighted by Gasteiger charge is -2.10. The Bertz CT molecular complexity index is 512. The number of benzene rings is 1. The summed E-state index contributed by atoms with van der Waals surface area (Å²) in [7, 11) is -3.64. The van der Waals surface area contributed by atoms with Gasteiger partial charge in [-0.2, -0.15) is 0 Å². The topological polar surface area (TPSA) is 115 Å². The molecule has 1 aromatic rings. The Balaban J connectivity index is 2.82. The zero-order chi connectivity index (χ0) is 13.8. The number of nitro groups is 1. The van der Waals surface area contributed by atoms with Crippen molar-refractivity contribution in [2.75, 3.05) is 13.1 Å². The van der Waals surface area contributed by atoms with Gasteiger partial charge in [-0.3, -0.25) is 10.1 Å². The van der Waals surface area contributed by atoms with Gasteiger partial charge in [-0.15, -0.1) is 0 Å². The highest BCUT2D eigenvalue weighted by Gasteiger charge is 2.16. The van der Waals surface area contributed by atoms with Crippen molar-refractivity contribution in [2.45, 2.75) is 11.8 Å². The van der Waals surface area contributed by atoms with Crippen molar-refractivity contribution in [3.05, 3.63) is 34.4 Å². The van der Waals surface area contributed by atoms with Gasteiger partial charge < -0.3 is 5.73 Å². The van der Waals surface area contributed by atoms with E-state index in [4.69, 9.17) is 5.73 Å². The van der Waals surface area contributed by atoms with Gasteiger partial charge in [0, 0.05) is 18.7 Å². The fourth-order valence-electron chi connectivity index (χ4n) is 1.17. The minimum absolute atomic E-state index is 0.00248. The molecule has 0 saturated heterocycles. The van der Waals surface area contributed by atoms with Crippen LogP contribution in [0.15, 0.2) is 29.2 Å². The summed E-state index contributed by atoms with van der Waals surface area (Å²) in [4.78, 5) is 9.86. The van der Waals surface area contributed by atoms with Gasteiger partial charge in [-0.25, -0.2) is 13.1 Å². The second kappa shape index (κ2) is 5.89. The molecule has 0 bridgehead atoms. The average molecular weight is 273 g/mol. The first-order valence-corrected chi connectivity index (χ1v) is 6.79. The molecule has 1 atom stereocenters. The summed E-state index contributed by atoms with van der Waals surface area (Å²) in [6.07, 6.45) is 0. The normalized spacial score (nSPS) is 13.2. The van der Waals surface area contributed by atoms with Gasteiger partial charge >= 0.3 is 0 Å². The van der Waals surface area contributed by atoms with Crippen LogP contribution < -0.4 is 10.5 Å². The van der Waals surface area contributed by atoms with Crippen molar-refractivity contribution in [1.82, 2.24) is 4.72 Å². The number of hydrogen-bond acceptors (Lipinski definition) is 5. The van der Waals surface area contributed by atoms with Crippen LogP contribution in [0, 0.1) is 16.0 Å². The van der Waals surface area contributed by atoms with Crippen molar-refractivity contribution >= 4 is 15.7 Å². The highest BCUT2D eigenvalue weighted by molar-refractivity contribution is 7.89. The highest BCUT2D eigenvalue weighted by Crippen LogP contribution is 2.15. The molecule has 100 valence electrons. The van der Waals surface area contributed by atoms with Crippen LogP contribution >= 0.6 is 0 Å². The van der Waals surface area contributed by atoms with E-state index < -0.39 is 14.9 Å². The molecular formula is C10H15N3O4S. The van der Waals surface area contributed by atoms with E-state index >= 15 is 0 Å². The van der Waals surface area contributed by atoms with Crippen LogP contribution in [0.4, 0.5) is 5.69 Å². The fourth-order valence-corrected chi connectivity index (χ4v) is 2.33. The van der Waals surface area contributed by atoms with Crippen LogP contribution in [-0.2, 0) is 10.0 Å². The van der Waals surface area contributed by atoms with Crippen LogP contribution in [0.5, 0.6) is 0 Å². The molecule has 0 spiro atoms. The van der Waals surface area contributed by atoms with E-state index in [-0.39, 0.29) is 23.0 Å². The van der Waals surface area contributed by atoms with E-state index in [9.17, 15) is 18.5 Å². The van der Waals surface area contributed by atoms with Crippen LogP contribution in [-0.4, -0.2) is 26.4 Å². The number of nitrogens with two attached hydrogens (primary N) is 1. The number of hydrogen-bond donors (Lipinski definition) is 2. The number of nitrogens with one attached hydrogen (secondary N) is 1. The smallest absolute Gasteiger partial charge is 0.269 e. The second-order valence-corrected chi connectivity index (χ2v) is 5.71. The molecular weight excluding hydrogens is 258 g/mol. The van der Waals surface area contributed by atoms with E-state index in [1.165, 1.54) is 12.1 Å². The third-order valence-corrected chi connectivity index (χ3v) is 3.82. The van der Waals surface area contributed by atoms with E-state index in [0.29, 0.717) is 6.54 Å². The van der Waals surface area contributed by atoms with Gasteiger partial charge in [0.15, 0.2) is 0 Å². The highest BCUT2D eigenvalue weighted by atomic mass is 32.2. The second-order valence-electron chi connectivity index (χ2n) is 3.94. The molecule has 0 saturated carbocycles. The maximum atomic E-state index is 11.8. The lowest BCUT2D eigenvalue weighted by molar-refractivity contribution is -0.384. The zero-order valence-electron chi connectivity index (χ0n) is 9.87. The molecule has 0 heterocycles. The molecule has 3 N–H and O–H groups in total. The number of nitrogens with zero attached hydrogens (tertiary/aromatic N) is 1. The number of non-ortho nitro benzene ring substituents is 1. The molecule has 0 amide bonds. The lowest BCUT2D eigenvalue weighted by atomic mass is 10.2. The van der Waals surface area contributed by atoms with E-state index in [1.54, 1.807) is 0 Å². The molecule has 7 nitrogen and oxygen atoms in total. The predicted molar refractivity (Wildman–Crippen MR) is 66.5 cm³/mol. The van der Waals surface area contributed by atoms with E-state index in [1.807, 2.05) is 6.92 Å². The summed E-state index contributed by atoms with van der Waals surface area (Å²) in [5.41, 5.74) is 5.23. The maximum absolute atomic E-state index is 11.8. The summed E-state index contributed by atoms with van der Waals surface area (Å²) >= 11 is 0. The Morgan fingerprint density at radius 2 is 1.94 bits per heavy atom.